The minimum absolute atomic E-state index is 0.339. The lowest BCUT2D eigenvalue weighted by Gasteiger charge is -2.33. The van der Waals surface area contributed by atoms with Crippen LogP contribution >= 0.6 is 0 Å². The van der Waals surface area contributed by atoms with Crippen LogP contribution in [-0.4, -0.2) is 23.9 Å². The number of aromatic hydroxyl groups is 1. The number of ether oxygens (including phenoxy) is 1. The number of phenolic OH excluding ortho intramolecular Hbond substituents is 1. The lowest BCUT2D eigenvalue weighted by atomic mass is 9.95. The summed E-state index contributed by atoms with van der Waals surface area (Å²) in [7, 11) is 0. The molecule has 3 heteroatoms. The zero-order valence-corrected chi connectivity index (χ0v) is 12.4. The molecule has 0 amide bonds. The van der Waals surface area contributed by atoms with E-state index >= 15 is 0 Å². The van der Waals surface area contributed by atoms with Crippen molar-refractivity contribution < 1.29 is 9.84 Å². The van der Waals surface area contributed by atoms with Crippen molar-refractivity contribution in [1.82, 2.24) is 0 Å². The number of aryl methyl sites for hydroxylation is 1. The second kappa shape index (κ2) is 5.83. The summed E-state index contributed by atoms with van der Waals surface area (Å²) in [5.41, 5.74) is 2.90. The van der Waals surface area contributed by atoms with Crippen LogP contribution in [0.3, 0.4) is 0 Å². The second-order valence-electron chi connectivity index (χ2n) is 5.92. The van der Waals surface area contributed by atoms with Crippen LogP contribution in [-0.2, 0) is 4.74 Å². The Kier molecular flexibility index (Phi) is 4.35. The maximum Gasteiger partial charge on any atom is 0.123 e. The Morgan fingerprint density at radius 1 is 1.32 bits per heavy atom. The quantitative estimate of drug-likeness (QED) is 0.875. The van der Waals surface area contributed by atoms with Gasteiger partial charge < -0.3 is 15.2 Å². The lowest BCUT2D eigenvalue weighted by Crippen LogP contribution is -2.36. The van der Waals surface area contributed by atoms with Crippen molar-refractivity contribution in [2.24, 2.45) is 5.92 Å². The fraction of sp³-hybridized carbons (Fsp3) is 0.625. The van der Waals surface area contributed by atoms with E-state index in [4.69, 9.17) is 4.74 Å². The fourth-order valence-electron chi connectivity index (χ4n) is 2.64. The number of hydrogen-bond acceptors (Lipinski definition) is 3. The Hall–Kier alpha value is -1.22. The number of phenols is 1. The van der Waals surface area contributed by atoms with E-state index in [9.17, 15) is 5.11 Å². The second-order valence-corrected chi connectivity index (χ2v) is 5.92. The van der Waals surface area contributed by atoms with Gasteiger partial charge in [0.25, 0.3) is 0 Å². The molecule has 0 radical (unpaired) electrons. The topological polar surface area (TPSA) is 41.5 Å². The summed E-state index contributed by atoms with van der Waals surface area (Å²) in [6.07, 6.45) is 2.40. The van der Waals surface area contributed by atoms with Gasteiger partial charge in [0.2, 0.25) is 0 Å². The van der Waals surface area contributed by atoms with Gasteiger partial charge >= 0.3 is 0 Å². The number of rotatable bonds is 3. The number of benzene rings is 1. The van der Waals surface area contributed by atoms with Crippen molar-refractivity contribution in [1.29, 1.82) is 0 Å². The van der Waals surface area contributed by atoms with Crippen LogP contribution in [0.4, 0.5) is 5.69 Å². The highest BCUT2D eigenvalue weighted by Crippen LogP contribution is 2.30. The van der Waals surface area contributed by atoms with Gasteiger partial charge in [-0.1, -0.05) is 19.9 Å². The molecular formula is C16H25NO2. The smallest absolute Gasteiger partial charge is 0.123 e. The molecule has 2 N–H and O–H groups in total. The molecule has 2 unspecified atom stereocenters. The molecule has 2 atom stereocenters. The van der Waals surface area contributed by atoms with Crippen molar-refractivity contribution in [3.05, 3.63) is 23.3 Å². The van der Waals surface area contributed by atoms with Gasteiger partial charge in [-0.2, -0.15) is 0 Å². The maximum absolute atomic E-state index is 9.99. The summed E-state index contributed by atoms with van der Waals surface area (Å²) in [4.78, 5) is 0. The van der Waals surface area contributed by atoms with Crippen LogP contribution in [0.5, 0.6) is 5.75 Å². The molecule has 1 aliphatic heterocycles. The monoisotopic (exact) mass is 263 g/mol. The van der Waals surface area contributed by atoms with Gasteiger partial charge in [-0.3, -0.25) is 0 Å². The summed E-state index contributed by atoms with van der Waals surface area (Å²) in [6, 6.07) is 4.45. The van der Waals surface area contributed by atoms with Gasteiger partial charge in [-0.05, 0) is 44.2 Å². The molecule has 1 saturated heterocycles. The fourth-order valence-corrected chi connectivity index (χ4v) is 2.64. The molecule has 1 heterocycles. The standard InChI is InChI=1S/C16H25NO2/c1-10(2)15-9-13(7-8-19-15)17-14-6-5-11(3)16(18)12(14)4/h5-6,10,13,15,17-18H,7-9H2,1-4H3. The highest BCUT2D eigenvalue weighted by Gasteiger charge is 2.25. The Labute approximate surface area is 116 Å². The van der Waals surface area contributed by atoms with Crippen LogP contribution in [0.2, 0.25) is 0 Å². The van der Waals surface area contributed by atoms with E-state index in [-0.39, 0.29) is 0 Å². The van der Waals surface area contributed by atoms with Gasteiger partial charge in [-0.25, -0.2) is 0 Å². The molecule has 3 nitrogen and oxygen atoms in total. The van der Waals surface area contributed by atoms with Crippen molar-refractivity contribution in [2.75, 3.05) is 11.9 Å². The molecule has 1 aliphatic rings. The maximum atomic E-state index is 9.99. The van der Waals surface area contributed by atoms with E-state index in [1.54, 1.807) is 0 Å². The van der Waals surface area contributed by atoms with Crippen LogP contribution in [0, 0.1) is 19.8 Å². The number of nitrogens with one attached hydrogen (secondary N) is 1. The largest absolute Gasteiger partial charge is 0.507 e. The summed E-state index contributed by atoms with van der Waals surface area (Å²) in [5, 5.41) is 13.6. The van der Waals surface area contributed by atoms with E-state index in [0.29, 0.717) is 23.8 Å². The van der Waals surface area contributed by atoms with E-state index in [1.165, 1.54) is 0 Å². The molecule has 19 heavy (non-hydrogen) atoms. The Morgan fingerprint density at radius 3 is 2.74 bits per heavy atom. The molecule has 0 bridgehead atoms. The average molecular weight is 263 g/mol. The van der Waals surface area contributed by atoms with Crippen LogP contribution in [0.1, 0.15) is 37.8 Å². The zero-order chi connectivity index (χ0) is 14.0. The summed E-state index contributed by atoms with van der Waals surface area (Å²) >= 11 is 0. The number of hydrogen-bond donors (Lipinski definition) is 2. The Bertz CT molecular complexity index is 443. The van der Waals surface area contributed by atoms with E-state index < -0.39 is 0 Å². The van der Waals surface area contributed by atoms with Gasteiger partial charge in [0.05, 0.1) is 6.10 Å². The van der Waals surface area contributed by atoms with Crippen LogP contribution in [0.15, 0.2) is 12.1 Å². The highest BCUT2D eigenvalue weighted by molar-refractivity contribution is 5.59. The predicted octanol–water partition coefficient (Wildman–Crippen LogP) is 3.62. The van der Waals surface area contributed by atoms with Gasteiger partial charge in [-0.15, -0.1) is 0 Å². The minimum atomic E-state index is 0.339. The molecular weight excluding hydrogens is 238 g/mol. The first-order valence-corrected chi connectivity index (χ1v) is 7.16. The van der Waals surface area contributed by atoms with Crippen molar-refractivity contribution >= 4 is 5.69 Å². The number of anilines is 1. The van der Waals surface area contributed by atoms with Crippen molar-refractivity contribution in [3.63, 3.8) is 0 Å². The SMILES string of the molecule is Cc1ccc(NC2CCOC(C(C)C)C2)c(C)c1O. The molecule has 0 spiro atoms. The van der Waals surface area contributed by atoms with Crippen molar-refractivity contribution in [2.45, 2.75) is 52.7 Å². The first kappa shape index (κ1) is 14.2. The molecule has 0 aromatic heterocycles. The third kappa shape index (κ3) is 3.21. The Balaban J connectivity index is 2.07. The molecule has 1 aromatic rings. The van der Waals surface area contributed by atoms with Gasteiger partial charge in [0.1, 0.15) is 5.75 Å². The van der Waals surface area contributed by atoms with Crippen molar-refractivity contribution in [3.8, 4) is 5.75 Å². The van der Waals surface area contributed by atoms with E-state index in [0.717, 1.165) is 36.3 Å². The first-order chi connectivity index (χ1) is 8.99. The van der Waals surface area contributed by atoms with Crippen LogP contribution in [0.25, 0.3) is 0 Å². The highest BCUT2D eigenvalue weighted by atomic mass is 16.5. The molecule has 2 rings (SSSR count). The normalized spacial score (nSPS) is 23.6. The summed E-state index contributed by atoms with van der Waals surface area (Å²) in [6.45, 7) is 9.11. The lowest BCUT2D eigenvalue weighted by molar-refractivity contribution is -0.0160. The third-order valence-electron chi connectivity index (χ3n) is 4.05. The Morgan fingerprint density at radius 2 is 2.05 bits per heavy atom. The molecule has 0 saturated carbocycles. The molecule has 1 fully saturated rings. The summed E-state index contributed by atoms with van der Waals surface area (Å²) in [5.74, 6) is 0.953. The van der Waals surface area contributed by atoms with Crippen LogP contribution < -0.4 is 5.32 Å². The minimum Gasteiger partial charge on any atom is -0.507 e. The average Bonchev–Trinajstić information content (AvgIpc) is 2.40. The third-order valence-corrected chi connectivity index (χ3v) is 4.05. The van der Waals surface area contributed by atoms with E-state index in [2.05, 4.69) is 25.2 Å². The predicted molar refractivity (Wildman–Crippen MR) is 78.8 cm³/mol. The molecule has 106 valence electrons. The summed E-state index contributed by atoms with van der Waals surface area (Å²) < 4.78 is 5.79. The van der Waals surface area contributed by atoms with E-state index in [1.807, 2.05) is 19.9 Å². The van der Waals surface area contributed by atoms with Gasteiger partial charge in [0.15, 0.2) is 0 Å². The zero-order valence-electron chi connectivity index (χ0n) is 12.4. The first-order valence-electron chi connectivity index (χ1n) is 7.16. The molecule has 0 aliphatic carbocycles. The van der Waals surface area contributed by atoms with Gasteiger partial charge in [0, 0.05) is 23.9 Å². The molecule has 1 aromatic carbocycles.